The topological polar surface area (TPSA) is 35.6 Å². The van der Waals surface area contributed by atoms with Crippen molar-refractivity contribution in [3.8, 4) is 0 Å². The molecule has 1 aliphatic heterocycles. The lowest BCUT2D eigenvalue weighted by Crippen LogP contribution is -2.57. The third kappa shape index (κ3) is 3.99. The van der Waals surface area contributed by atoms with Gasteiger partial charge >= 0.3 is 12.2 Å². The molecule has 0 aromatic rings. The number of piperazine rings is 1. The predicted molar refractivity (Wildman–Crippen MR) is 64.8 cm³/mol. The lowest BCUT2D eigenvalue weighted by atomic mass is 10.2. The van der Waals surface area contributed by atoms with Crippen LogP contribution in [0.5, 0.6) is 0 Å². The van der Waals surface area contributed by atoms with E-state index in [0.29, 0.717) is 19.0 Å². The Morgan fingerprint density at radius 1 is 1.32 bits per heavy atom. The van der Waals surface area contributed by atoms with Crippen LogP contribution in [-0.2, 0) is 0 Å². The van der Waals surface area contributed by atoms with Crippen LogP contribution in [0.15, 0.2) is 0 Å². The van der Waals surface area contributed by atoms with Crippen LogP contribution in [0, 0.1) is 5.92 Å². The largest absolute Gasteiger partial charge is 0.401 e. The lowest BCUT2D eigenvalue weighted by molar-refractivity contribution is -0.153. The highest BCUT2D eigenvalue weighted by Gasteiger charge is 2.38. The molecular weight excluding hydrogens is 259 g/mol. The summed E-state index contributed by atoms with van der Waals surface area (Å²) in [6, 6.07) is -0.165. The lowest BCUT2D eigenvalue weighted by Gasteiger charge is -2.40. The summed E-state index contributed by atoms with van der Waals surface area (Å²) < 4.78 is 37.1. The fourth-order valence-corrected chi connectivity index (χ4v) is 2.42. The molecule has 1 N–H and O–H groups in total. The second-order valence-electron chi connectivity index (χ2n) is 5.65. The number of hydrogen-bond donors (Lipinski definition) is 1. The summed E-state index contributed by atoms with van der Waals surface area (Å²) in [6.45, 7) is 3.87. The molecule has 1 heterocycles. The van der Waals surface area contributed by atoms with Gasteiger partial charge in [0.25, 0.3) is 0 Å². The van der Waals surface area contributed by atoms with Crippen LogP contribution >= 0.6 is 0 Å². The van der Waals surface area contributed by atoms with Crippen LogP contribution in [0.25, 0.3) is 0 Å². The van der Waals surface area contributed by atoms with E-state index in [1.165, 1.54) is 4.90 Å². The van der Waals surface area contributed by atoms with Gasteiger partial charge in [0.1, 0.15) is 0 Å². The molecule has 0 bridgehead atoms. The van der Waals surface area contributed by atoms with Crippen molar-refractivity contribution in [3.05, 3.63) is 0 Å². The highest BCUT2D eigenvalue weighted by atomic mass is 19.4. The van der Waals surface area contributed by atoms with E-state index in [-0.39, 0.29) is 24.7 Å². The molecule has 1 aliphatic carbocycles. The summed E-state index contributed by atoms with van der Waals surface area (Å²) in [7, 11) is 0. The molecule has 2 amide bonds. The van der Waals surface area contributed by atoms with Gasteiger partial charge in [0.05, 0.1) is 6.54 Å². The van der Waals surface area contributed by atoms with Gasteiger partial charge in [-0.05, 0) is 19.3 Å². The van der Waals surface area contributed by atoms with Crippen molar-refractivity contribution in [2.45, 2.75) is 38.5 Å². The van der Waals surface area contributed by atoms with Gasteiger partial charge in [-0.3, -0.25) is 4.90 Å². The molecule has 2 rings (SSSR count). The minimum Gasteiger partial charge on any atom is -0.335 e. The molecule has 3 atom stereocenters. The third-order valence-electron chi connectivity index (χ3n) is 3.85. The number of nitrogens with one attached hydrogen (secondary N) is 1. The monoisotopic (exact) mass is 279 g/mol. The number of carbonyl (C=O) groups is 1. The maximum absolute atomic E-state index is 12.4. The molecule has 0 aromatic carbocycles. The molecule has 110 valence electrons. The zero-order valence-corrected chi connectivity index (χ0v) is 11.2. The second kappa shape index (κ2) is 5.19. The van der Waals surface area contributed by atoms with Crippen LogP contribution in [0.1, 0.15) is 20.3 Å². The summed E-state index contributed by atoms with van der Waals surface area (Å²) in [5.41, 5.74) is 0. The first kappa shape index (κ1) is 14.4. The van der Waals surface area contributed by atoms with E-state index in [4.69, 9.17) is 0 Å². The number of hydrogen-bond acceptors (Lipinski definition) is 2. The van der Waals surface area contributed by atoms with E-state index in [9.17, 15) is 18.0 Å². The van der Waals surface area contributed by atoms with Gasteiger partial charge in [-0.2, -0.15) is 13.2 Å². The normalized spacial score (nSPS) is 32.3. The van der Waals surface area contributed by atoms with Crippen molar-refractivity contribution in [2.75, 3.05) is 26.2 Å². The Morgan fingerprint density at radius 2 is 1.95 bits per heavy atom. The Bertz CT molecular complexity index is 348. The summed E-state index contributed by atoms with van der Waals surface area (Å²) in [6.07, 6.45) is -3.18. The van der Waals surface area contributed by atoms with Gasteiger partial charge in [0, 0.05) is 31.7 Å². The fraction of sp³-hybridized carbons (Fsp3) is 0.917. The van der Waals surface area contributed by atoms with Gasteiger partial charge in [0.15, 0.2) is 0 Å². The molecule has 0 radical (unpaired) electrons. The zero-order chi connectivity index (χ0) is 14.2. The molecule has 0 spiro atoms. The average Bonchev–Trinajstić information content (AvgIpc) is 2.95. The summed E-state index contributed by atoms with van der Waals surface area (Å²) in [5, 5.41) is 2.90. The molecule has 19 heavy (non-hydrogen) atoms. The Hall–Kier alpha value is -0.980. The number of nitrogens with zero attached hydrogens (tertiary/aromatic N) is 2. The highest BCUT2D eigenvalue weighted by Crippen LogP contribution is 2.29. The SMILES string of the molecule is CC1CC1NC(=O)N1CCN(CC(F)(F)F)C(C)C1. The Kier molecular flexibility index (Phi) is 3.94. The van der Waals surface area contributed by atoms with Gasteiger partial charge in [-0.25, -0.2) is 4.79 Å². The minimum atomic E-state index is -4.18. The van der Waals surface area contributed by atoms with Crippen molar-refractivity contribution < 1.29 is 18.0 Å². The molecule has 2 aliphatic rings. The Morgan fingerprint density at radius 3 is 2.42 bits per heavy atom. The summed E-state index contributed by atoms with van der Waals surface area (Å²) >= 11 is 0. The predicted octanol–water partition coefficient (Wildman–Crippen LogP) is 1.67. The van der Waals surface area contributed by atoms with Gasteiger partial charge in [0.2, 0.25) is 0 Å². The van der Waals surface area contributed by atoms with Crippen LogP contribution in [0.2, 0.25) is 0 Å². The van der Waals surface area contributed by atoms with Crippen LogP contribution in [0.3, 0.4) is 0 Å². The van der Waals surface area contributed by atoms with Crippen LogP contribution in [0.4, 0.5) is 18.0 Å². The molecule has 1 saturated carbocycles. The number of rotatable bonds is 2. The first-order valence-corrected chi connectivity index (χ1v) is 6.62. The molecule has 4 nitrogen and oxygen atoms in total. The number of amides is 2. The molecule has 1 saturated heterocycles. The van der Waals surface area contributed by atoms with Crippen molar-refractivity contribution in [2.24, 2.45) is 5.92 Å². The van der Waals surface area contributed by atoms with E-state index < -0.39 is 12.7 Å². The Labute approximate surface area is 110 Å². The van der Waals surface area contributed by atoms with E-state index in [1.54, 1.807) is 11.8 Å². The molecule has 3 unspecified atom stereocenters. The second-order valence-corrected chi connectivity index (χ2v) is 5.65. The quantitative estimate of drug-likeness (QED) is 0.834. The van der Waals surface area contributed by atoms with E-state index >= 15 is 0 Å². The maximum atomic E-state index is 12.4. The van der Waals surface area contributed by atoms with E-state index in [1.807, 2.05) is 0 Å². The maximum Gasteiger partial charge on any atom is 0.401 e. The smallest absolute Gasteiger partial charge is 0.335 e. The number of alkyl halides is 3. The average molecular weight is 279 g/mol. The first-order chi connectivity index (χ1) is 8.76. The van der Waals surface area contributed by atoms with Gasteiger partial charge < -0.3 is 10.2 Å². The van der Waals surface area contributed by atoms with Crippen molar-refractivity contribution in [3.63, 3.8) is 0 Å². The van der Waals surface area contributed by atoms with Crippen molar-refractivity contribution >= 4 is 6.03 Å². The molecule has 7 heteroatoms. The standard InChI is InChI=1S/C12H20F3N3O/c1-8-5-10(8)16-11(19)17-3-4-18(9(2)6-17)7-12(13,14)15/h8-10H,3-7H2,1-2H3,(H,16,19). The molecule has 0 aromatic heterocycles. The molecule has 2 fully saturated rings. The first-order valence-electron chi connectivity index (χ1n) is 6.62. The number of urea groups is 1. The van der Waals surface area contributed by atoms with E-state index in [0.717, 1.165) is 6.42 Å². The highest BCUT2D eigenvalue weighted by molar-refractivity contribution is 5.75. The third-order valence-corrected chi connectivity index (χ3v) is 3.85. The zero-order valence-electron chi connectivity index (χ0n) is 11.2. The van der Waals surface area contributed by atoms with Gasteiger partial charge in [-0.15, -0.1) is 0 Å². The minimum absolute atomic E-state index is 0.146. The van der Waals surface area contributed by atoms with Crippen LogP contribution < -0.4 is 5.32 Å². The van der Waals surface area contributed by atoms with Crippen molar-refractivity contribution in [1.82, 2.24) is 15.1 Å². The number of halogens is 3. The Balaban J connectivity index is 1.80. The van der Waals surface area contributed by atoms with E-state index in [2.05, 4.69) is 12.2 Å². The number of carbonyl (C=O) groups excluding carboxylic acids is 1. The molecular formula is C12H20F3N3O. The van der Waals surface area contributed by atoms with Crippen molar-refractivity contribution in [1.29, 1.82) is 0 Å². The fourth-order valence-electron chi connectivity index (χ4n) is 2.42. The van der Waals surface area contributed by atoms with Crippen LogP contribution in [-0.4, -0.2) is 60.3 Å². The summed E-state index contributed by atoms with van der Waals surface area (Å²) in [5.74, 6) is 0.521. The van der Waals surface area contributed by atoms with Gasteiger partial charge in [-0.1, -0.05) is 6.92 Å². The summed E-state index contributed by atoms with van der Waals surface area (Å²) in [4.78, 5) is 14.9.